The molecule has 0 fully saturated rings. The van der Waals surface area contributed by atoms with Crippen LogP contribution in [0.1, 0.15) is 11.1 Å². The van der Waals surface area contributed by atoms with Gasteiger partial charge in [0, 0.05) is 11.8 Å². The van der Waals surface area contributed by atoms with Crippen LogP contribution in [0, 0.1) is 11.3 Å². The van der Waals surface area contributed by atoms with Gasteiger partial charge in [0.15, 0.2) is 0 Å². The molecule has 0 spiro atoms. The summed E-state index contributed by atoms with van der Waals surface area (Å²) in [5.41, 5.74) is 3.10. The number of pyridine rings is 1. The molecule has 0 saturated heterocycles. The van der Waals surface area contributed by atoms with Gasteiger partial charge >= 0.3 is 0 Å². The van der Waals surface area contributed by atoms with E-state index < -0.39 is 0 Å². The quantitative estimate of drug-likeness (QED) is 0.825. The van der Waals surface area contributed by atoms with Crippen LogP contribution in [0.4, 0.5) is 0 Å². The molecule has 3 nitrogen and oxygen atoms in total. The number of nitrogens with zero attached hydrogens (tertiary/aromatic N) is 2. The molecule has 1 N–H and O–H groups in total. The summed E-state index contributed by atoms with van der Waals surface area (Å²) in [4.78, 5) is 4.23. The van der Waals surface area contributed by atoms with Gasteiger partial charge in [0.1, 0.15) is 0 Å². The Kier molecular flexibility index (Phi) is 2.95. The lowest BCUT2D eigenvalue weighted by Crippen LogP contribution is -1.88. The summed E-state index contributed by atoms with van der Waals surface area (Å²) >= 11 is 0. The molecule has 78 valence electrons. The van der Waals surface area contributed by atoms with Crippen LogP contribution in [0.15, 0.2) is 42.6 Å². The maximum absolute atomic E-state index is 8.90. The summed E-state index contributed by atoms with van der Waals surface area (Å²) < 4.78 is 0. The van der Waals surface area contributed by atoms with Crippen molar-refractivity contribution in [3.63, 3.8) is 0 Å². The Morgan fingerprint density at radius 1 is 1.25 bits per heavy atom. The molecule has 0 radical (unpaired) electrons. The Labute approximate surface area is 93.6 Å². The van der Waals surface area contributed by atoms with Crippen molar-refractivity contribution in [2.24, 2.45) is 0 Å². The molecule has 16 heavy (non-hydrogen) atoms. The molecule has 0 saturated carbocycles. The number of aromatic nitrogens is 1. The van der Waals surface area contributed by atoms with E-state index in [1.54, 1.807) is 18.3 Å². The molecular weight excluding hydrogens is 200 g/mol. The van der Waals surface area contributed by atoms with Crippen LogP contribution in [-0.2, 0) is 6.61 Å². The Balaban J connectivity index is 2.39. The van der Waals surface area contributed by atoms with Gasteiger partial charge in [-0.2, -0.15) is 5.26 Å². The molecule has 1 aromatic heterocycles. The lowest BCUT2D eigenvalue weighted by atomic mass is 10.1. The maximum atomic E-state index is 8.90. The van der Waals surface area contributed by atoms with Gasteiger partial charge in [0.05, 0.1) is 23.9 Å². The lowest BCUT2D eigenvalue weighted by molar-refractivity contribution is 0.281. The van der Waals surface area contributed by atoms with Crippen LogP contribution in [0.25, 0.3) is 11.3 Å². The third-order valence-corrected chi connectivity index (χ3v) is 2.29. The highest BCUT2D eigenvalue weighted by molar-refractivity contribution is 5.61. The Morgan fingerprint density at radius 3 is 2.75 bits per heavy atom. The summed E-state index contributed by atoms with van der Waals surface area (Å²) in [5.74, 6) is 0. The van der Waals surface area contributed by atoms with Gasteiger partial charge in [0.25, 0.3) is 0 Å². The highest BCUT2D eigenvalue weighted by Crippen LogP contribution is 2.18. The van der Waals surface area contributed by atoms with E-state index in [2.05, 4.69) is 11.1 Å². The minimum Gasteiger partial charge on any atom is -0.392 e. The van der Waals surface area contributed by atoms with Crippen molar-refractivity contribution in [1.29, 1.82) is 5.26 Å². The zero-order chi connectivity index (χ0) is 11.4. The van der Waals surface area contributed by atoms with Crippen molar-refractivity contribution in [2.45, 2.75) is 6.61 Å². The van der Waals surface area contributed by atoms with Crippen molar-refractivity contribution in [3.8, 4) is 17.3 Å². The van der Waals surface area contributed by atoms with Crippen LogP contribution >= 0.6 is 0 Å². The third kappa shape index (κ3) is 2.08. The van der Waals surface area contributed by atoms with E-state index in [0.29, 0.717) is 5.56 Å². The van der Waals surface area contributed by atoms with Crippen LogP contribution < -0.4 is 0 Å². The van der Waals surface area contributed by atoms with Crippen molar-refractivity contribution in [3.05, 3.63) is 53.7 Å². The van der Waals surface area contributed by atoms with Gasteiger partial charge in [0.2, 0.25) is 0 Å². The topological polar surface area (TPSA) is 56.9 Å². The molecule has 0 unspecified atom stereocenters. The van der Waals surface area contributed by atoms with Crippen LogP contribution in [0.3, 0.4) is 0 Å². The first-order valence-electron chi connectivity index (χ1n) is 4.90. The molecule has 0 atom stereocenters. The van der Waals surface area contributed by atoms with Crippen molar-refractivity contribution < 1.29 is 5.11 Å². The van der Waals surface area contributed by atoms with E-state index in [0.717, 1.165) is 16.8 Å². The first-order chi connectivity index (χ1) is 7.83. The average Bonchev–Trinajstić information content (AvgIpc) is 2.39. The van der Waals surface area contributed by atoms with Gasteiger partial charge in [-0.15, -0.1) is 0 Å². The molecule has 0 amide bonds. The van der Waals surface area contributed by atoms with Gasteiger partial charge in [-0.25, -0.2) is 0 Å². The lowest BCUT2D eigenvalue weighted by Gasteiger charge is -2.02. The third-order valence-electron chi connectivity index (χ3n) is 2.29. The van der Waals surface area contributed by atoms with Crippen LogP contribution in [0.2, 0.25) is 0 Å². The fourth-order valence-corrected chi connectivity index (χ4v) is 1.44. The molecule has 0 aliphatic carbocycles. The molecule has 3 heteroatoms. The standard InChI is InChI=1S/C13H10N2O/c14-7-10-2-1-3-12(6-10)13-5-4-11(9-16)8-15-13/h1-6,8,16H,9H2. The first kappa shape index (κ1) is 10.3. The van der Waals surface area contributed by atoms with Gasteiger partial charge in [-0.3, -0.25) is 4.98 Å². The zero-order valence-corrected chi connectivity index (χ0v) is 8.59. The molecule has 2 rings (SSSR count). The number of nitriles is 1. The van der Waals surface area contributed by atoms with E-state index in [4.69, 9.17) is 10.4 Å². The largest absolute Gasteiger partial charge is 0.392 e. The second kappa shape index (κ2) is 4.56. The summed E-state index contributed by atoms with van der Waals surface area (Å²) in [6.45, 7) is -0.00842. The van der Waals surface area contributed by atoms with Crippen molar-refractivity contribution in [1.82, 2.24) is 4.98 Å². The average molecular weight is 210 g/mol. The Hall–Kier alpha value is -2.18. The predicted molar refractivity (Wildman–Crippen MR) is 60.3 cm³/mol. The normalized spacial score (nSPS) is 9.75. The molecule has 0 bridgehead atoms. The molecule has 1 aromatic carbocycles. The van der Waals surface area contributed by atoms with Crippen LogP contribution in [0.5, 0.6) is 0 Å². The number of benzene rings is 1. The second-order valence-corrected chi connectivity index (χ2v) is 3.40. The molecular formula is C13H10N2O. The number of hydrogen-bond acceptors (Lipinski definition) is 3. The monoisotopic (exact) mass is 210 g/mol. The first-order valence-corrected chi connectivity index (χ1v) is 4.90. The van der Waals surface area contributed by atoms with Crippen molar-refractivity contribution in [2.75, 3.05) is 0 Å². The van der Waals surface area contributed by atoms with E-state index in [-0.39, 0.29) is 6.61 Å². The van der Waals surface area contributed by atoms with Gasteiger partial charge in [-0.1, -0.05) is 18.2 Å². The van der Waals surface area contributed by atoms with E-state index in [1.807, 2.05) is 24.3 Å². The highest BCUT2D eigenvalue weighted by atomic mass is 16.3. The fraction of sp³-hybridized carbons (Fsp3) is 0.0769. The van der Waals surface area contributed by atoms with E-state index in [1.165, 1.54) is 0 Å². The van der Waals surface area contributed by atoms with E-state index in [9.17, 15) is 0 Å². The van der Waals surface area contributed by atoms with E-state index >= 15 is 0 Å². The molecule has 2 aromatic rings. The fourth-order valence-electron chi connectivity index (χ4n) is 1.44. The summed E-state index contributed by atoms with van der Waals surface area (Å²) in [6.07, 6.45) is 1.63. The Morgan fingerprint density at radius 2 is 2.12 bits per heavy atom. The van der Waals surface area contributed by atoms with Gasteiger partial charge < -0.3 is 5.11 Å². The SMILES string of the molecule is N#Cc1cccc(-c2ccc(CO)cn2)c1. The number of rotatable bonds is 2. The Bertz CT molecular complexity index is 526. The summed E-state index contributed by atoms with van der Waals surface area (Å²) in [5, 5.41) is 17.7. The maximum Gasteiger partial charge on any atom is 0.0991 e. The zero-order valence-electron chi connectivity index (χ0n) is 8.59. The molecule has 0 aliphatic rings. The molecule has 0 aliphatic heterocycles. The summed E-state index contributed by atoms with van der Waals surface area (Å²) in [6, 6.07) is 13.0. The molecule has 1 heterocycles. The van der Waals surface area contributed by atoms with Crippen LogP contribution in [-0.4, -0.2) is 10.1 Å². The highest BCUT2D eigenvalue weighted by Gasteiger charge is 2.00. The minimum absolute atomic E-state index is 0.00842. The minimum atomic E-state index is -0.00842. The number of hydrogen-bond donors (Lipinski definition) is 1. The smallest absolute Gasteiger partial charge is 0.0991 e. The second-order valence-electron chi connectivity index (χ2n) is 3.40. The van der Waals surface area contributed by atoms with Crippen molar-refractivity contribution >= 4 is 0 Å². The predicted octanol–water partition coefficient (Wildman–Crippen LogP) is 2.11. The van der Waals surface area contributed by atoms with Gasteiger partial charge in [-0.05, 0) is 23.8 Å². The number of aliphatic hydroxyl groups excluding tert-OH is 1. The summed E-state index contributed by atoms with van der Waals surface area (Å²) in [7, 11) is 0. The number of aliphatic hydroxyl groups is 1.